The lowest BCUT2D eigenvalue weighted by Gasteiger charge is -2.32. The van der Waals surface area contributed by atoms with E-state index < -0.39 is 0 Å². The second kappa shape index (κ2) is 12.3. The van der Waals surface area contributed by atoms with Gasteiger partial charge in [0.25, 0.3) is 0 Å². The maximum Gasteiger partial charge on any atom is 0.0935 e. The maximum absolute atomic E-state index is 5.67. The van der Waals surface area contributed by atoms with Crippen LogP contribution in [0.4, 0.5) is 0 Å². The van der Waals surface area contributed by atoms with Gasteiger partial charge < -0.3 is 9.47 Å². The van der Waals surface area contributed by atoms with Gasteiger partial charge >= 0.3 is 0 Å². The molecule has 0 bridgehead atoms. The zero-order valence-corrected chi connectivity index (χ0v) is 12.2. The van der Waals surface area contributed by atoms with E-state index in [0.29, 0.717) is 6.10 Å². The van der Waals surface area contributed by atoms with Crippen molar-refractivity contribution in [3.63, 3.8) is 0 Å². The highest BCUT2D eigenvalue weighted by molar-refractivity contribution is 4.70. The molecule has 0 amide bonds. The summed E-state index contributed by atoms with van der Waals surface area (Å²) in [4.78, 5) is 2.49. The van der Waals surface area contributed by atoms with Crippen LogP contribution < -0.4 is 0 Å². The first-order valence-electron chi connectivity index (χ1n) is 7.28. The molecule has 0 aliphatic carbocycles. The molecule has 1 aliphatic heterocycles. The van der Waals surface area contributed by atoms with Gasteiger partial charge in [0.15, 0.2) is 0 Å². The summed E-state index contributed by atoms with van der Waals surface area (Å²) in [5.74, 6) is 0. The first-order valence-corrected chi connectivity index (χ1v) is 7.28. The third-order valence-electron chi connectivity index (χ3n) is 2.70. The highest BCUT2D eigenvalue weighted by Gasteiger charge is 2.19. The molecule has 17 heavy (non-hydrogen) atoms. The molecule has 0 aromatic heterocycles. The third-order valence-corrected chi connectivity index (χ3v) is 2.70. The fourth-order valence-corrected chi connectivity index (χ4v) is 1.83. The molecule has 1 aliphatic rings. The third kappa shape index (κ3) is 8.58. The van der Waals surface area contributed by atoms with Crippen LogP contribution in [-0.4, -0.2) is 50.5 Å². The molecule has 0 radical (unpaired) electrons. The Kier molecular flexibility index (Phi) is 12.3. The summed E-state index contributed by atoms with van der Waals surface area (Å²) < 4.78 is 11.2. The molecule has 104 valence electrons. The molecule has 1 rings (SSSR count). The van der Waals surface area contributed by atoms with Gasteiger partial charge in [0.1, 0.15) is 0 Å². The van der Waals surface area contributed by atoms with Gasteiger partial charge in [0, 0.05) is 19.7 Å². The van der Waals surface area contributed by atoms with Crippen LogP contribution in [0, 0.1) is 0 Å². The summed E-state index contributed by atoms with van der Waals surface area (Å²) in [5, 5.41) is 0. The van der Waals surface area contributed by atoms with Crippen molar-refractivity contribution in [3.05, 3.63) is 0 Å². The van der Waals surface area contributed by atoms with Crippen molar-refractivity contribution in [3.8, 4) is 0 Å². The zero-order chi connectivity index (χ0) is 12.9. The summed E-state index contributed by atoms with van der Waals surface area (Å²) in [6.45, 7) is 14.2. The minimum atomic E-state index is 0.294. The highest BCUT2D eigenvalue weighted by atomic mass is 16.5. The largest absolute Gasteiger partial charge is 0.379 e. The second-order valence-electron chi connectivity index (χ2n) is 4.22. The van der Waals surface area contributed by atoms with E-state index in [4.69, 9.17) is 9.47 Å². The number of unbranched alkanes of at least 4 members (excludes halogenated alkanes) is 1. The van der Waals surface area contributed by atoms with Gasteiger partial charge in [-0.05, 0) is 19.4 Å². The average molecular weight is 245 g/mol. The van der Waals surface area contributed by atoms with E-state index in [2.05, 4.69) is 18.7 Å². The van der Waals surface area contributed by atoms with Crippen LogP contribution in [0.2, 0.25) is 0 Å². The molecular weight excluding hydrogens is 214 g/mol. The summed E-state index contributed by atoms with van der Waals surface area (Å²) >= 11 is 0. The topological polar surface area (TPSA) is 21.7 Å². The standard InChI is InChI=1S/C12H25NO2.C2H6/c1-3-5-6-13-7-9-15-12(10-13)11-14-8-4-2;1-2/h12H,3-11H2,1-2H3;1-2H3. The van der Waals surface area contributed by atoms with Crippen molar-refractivity contribution in [2.24, 2.45) is 0 Å². The van der Waals surface area contributed by atoms with Gasteiger partial charge in [-0.2, -0.15) is 0 Å². The molecule has 1 fully saturated rings. The number of hydrogen-bond donors (Lipinski definition) is 0. The van der Waals surface area contributed by atoms with Crippen molar-refractivity contribution in [2.75, 3.05) is 39.5 Å². The smallest absolute Gasteiger partial charge is 0.0935 e. The molecule has 0 saturated carbocycles. The molecule has 1 atom stereocenters. The summed E-state index contributed by atoms with van der Waals surface area (Å²) in [5.41, 5.74) is 0. The molecule has 3 nitrogen and oxygen atoms in total. The van der Waals surface area contributed by atoms with Gasteiger partial charge in [0.05, 0.1) is 19.3 Å². The SMILES string of the molecule is CC.CCCCN1CCOC(COCCC)C1. The van der Waals surface area contributed by atoms with Crippen molar-refractivity contribution < 1.29 is 9.47 Å². The first-order chi connectivity index (χ1) is 8.36. The number of morpholine rings is 1. The average Bonchev–Trinajstić information content (AvgIpc) is 2.40. The quantitative estimate of drug-likeness (QED) is 0.644. The molecule has 1 saturated heterocycles. The van der Waals surface area contributed by atoms with Crippen molar-refractivity contribution >= 4 is 0 Å². The van der Waals surface area contributed by atoms with Crippen LogP contribution in [0.25, 0.3) is 0 Å². The monoisotopic (exact) mass is 245 g/mol. The van der Waals surface area contributed by atoms with Gasteiger partial charge in [-0.15, -0.1) is 0 Å². The van der Waals surface area contributed by atoms with Gasteiger partial charge in [0.2, 0.25) is 0 Å². The van der Waals surface area contributed by atoms with E-state index >= 15 is 0 Å². The van der Waals surface area contributed by atoms with E-state index in [1.165, 1.54) is 19.4 Å². The minimum absolute atomic E-state index is 0.294. The Labute approximate surface area is 107 Å². The molecule has 0 N–H and O–H groups in total. The molecule has 0 aromatic rings. The van der Waals surface area contributed by atoms with Crippen molar-refractivity contribution in [1.29, 1.82) is 0 Å². The van der Waals surface area contributed by atoms with E-state index in [1.807, 2.05) is 13.8 Å². The Balaban J connectivity index is 0.00000121. The second-order valence-corrected chi connectivity index (χ2v) is 4.22. The van der Waals surface area contributed by atoms with Crippen LogP contribution in [0.5, 0.6) is 0 Å². The number of hydrogen-bond acceptors (Lipinski definition) is 3. The Hall–Kier alpha value is -0.120. The van der Waals surface area contributed by atoms with E-state index in [-0.39, 0.29) is 0 Å². The van der Waals surface area contributed by atoms with E-state index in [0.717, 1.165) is 39.3 Å². The lowest BCUT2D eigenvalue weighted by atomic mass is 10.2. The number of ether oxygens (including phenoxy) is 2. The van der Waals surface area contributed by atoms with Crippen LogP contribution >= 0.6 is 0 Å². The molecule has 0 aromatic carbocycles. The first kappa shape index (κ1) is 16.9. The Morgan fingerprint density at radius 2 is 2.00 bits per heavy atom. The Bertz CT molecular complexity index is 153. The number of nitrogens with zero attached hydrogens (tertiary/aromatic N) is 1. The molecular formula is C14H31NO2. The summed E-state index contributed by atoms with van der Waals surface area (Å²) in [6.07, 6.45) is 3.95. The highest BCUT2D eigenvalue weighted by Crippen LogP contribution is 2.07. The van der Waals surface area contributed by atoms with Crippen LogP contribution in [0.3, 0.4) is 0 Å². The van der Waals surface area contributed by atoms with Gasteiger partial charge in [-0.25, -0.2) is 0 Å². The normalized spacial score (nSPS) is 20.8. The molecule has 3 heteroatoms. The van der Waals surface area contributed by atoms with E-state index in [9.17, 15) is 0 Å². The van der Waals surface area contributed by atoms with Crippen molar-refractivity contribution in [2.45, 2.75) is 53.1 Å². The zero-order valence-electron chi connectivity index (χ0n) is 12.2. The van der Waals surface area contributed by atoms with E-state index in [1.54, 1.807) is 0 Å². The fraction of sp³-hybridized carbons (Fsp3) is 1.00. The van der Waals surface area contributed by atoms with Crippen LogP contribution in [0.15, 0.2) is 0 Å². The summed E-state index contributed by atoms with van der Waals surface area (Å²) in [6, 6.07) is 0. The minimum Gasteiger partial charge on any atom is -0.379 e. The lowest BCUT2D eigenvalue weighted by molar-refractivity contribution is -0.0690. The van der Waals surface area contributed by atoms with Gasteiger partial charge in [-0.1, -0.05) is 34.1 Å². The predicted molar refractivity (Wildman–Crippen MR) is 73.5 cm³/mol. The molecule has 1 heterocycles. The van der Waals surface area contributed by atoms with Crippen molar-refractivity contribution in [1.82, 2.24) is 4.90 Å². The lowest BCUT2D eigenvalue weighted by Crippen LogP contribution is -2.44. The summed E-state index contributed by atoms with van der Waals surface area (Å²) in [7, 11) is 0. The maximum atomic E-state index is 5.67. The predicted octanol–water partition coefficient (Wildman–Crippen LogP) is 2.94. The Morgan fingerprint density at radius 1 is 1.24 bits per heavy atom. The molecule has 0 spiro atoms. The number of rotatable bonds is 7. The fourth-order valence-electron chi connectivity index (χ4n) is 1.83. The Morgan fingerprint density at radius 3 is 2.65 bits per heavy atom. The molecule has 1 unspecified atom stereocenters. The van der Waals surface area contributed by atoms with Crippen LogP contribution in [-0.2, 0) is 9.47 Å². The van der Waals surface area contributed by atoms with Crippen LogP contribution in [0.1, 0.15) is 47.0 Å². The van der Waals surface area contributed by atoms with Gasteiger partial charge in [-0.3, -0.25) is 4.90 Å².